The molecule has 0 amide bonds. The van der Waals surface area contributed by atoms with Crippen molar-refractivity contribution in [1.82, 2.24) is 14.1 Å². The fourth-order valence-corrected chi connectivity index (χ4v) is 9.36. The third kappa shape index (κ3) is 4.21. The van der Waals surface area contributed by atoms with Crippen molar-refractivity contribution in [2.24, 2.45) is 0 Å². The molecule has 0 atom stereocenters. The van der Waals surface area contributed by atoms with Crippen molar-refractivity contribution in [2.75, 3.05) is 0 Å². The summed E-state index contributed by atoms with van der Waals surface area (Å²) in [5, 5.41) is 7.41. The first kappa shape index (κ1) is 28.4. The summed E-state index contributed by atoms with van der Waals surface area (Å²) in [7, 11) is 0. The summed E-state index contributed by atoms with van der Waals surface area (Å²) < 4.78 is 7.31. The number of fused-ring (bicyclic) bond motifs is 9. The fourth-order valence-electron chi connectivity index (χ4n) is 8.19. The zero-order valence-corrected chi connectivity index (χ0v) is 28.3. The zero-order valence-electron chi connectivity index (χ0n) is 27.5. The molecule has 0 aliphatic carbocycles. The van der Waals surface area contributed by atoms with E-state index < -0.39 is 0 Å². The zero-order chi connectivity index (χ0) is 33.5. The Bertz CT molecular complexity index is 3130. The average molecular weight is 668 g/mol. The average Bonchev–Trinajstić information content (AvgIpc) is 3.85. The number of aromatic nitrogens is 3. The van der Waals surface area contributed by atoms with Crippen LogP contribution in [0.2, 0.25) is 0 Å². The van der Waals surface area contributed by atoms with Gasteiger partial charge >= 0.3 is 0 Å². The first-order valence-corrected chi connectivity index (χ1v) is 18.1. The lowest BCUT2D eigenvalue weighted by atomic mass is 9.94. The van der Waals surface area contributed by atoms with E-state index >= 15 is 0 Å². The Morgan fingerprint density at radius 1 is 0.392 bits per heavy atom. The highest BCUT2D eigenvalue weighted by Gasteiger charge is 2.21. The largest absolute Gasteiger partial charge is 0.309 e. The Labute approximate surface area is 297 Å². The molecule has 0 aliphatic rings. The first-order valence-electron chi connectivity index (χ1n) is 17.3. The fraction of sp³-hybridized carbons (Fsp3) is 0. The van der Waals surface area contributed by atoms with Gasteiger partial charge in [-0.15, -0.1) is 11.3 Å². The summed E-state index contributed by atoms with van der Waals surface area (Å²) in [6.07, 6.45) is 1.98. The maximum Gasteiger partial charge on any atom is 0.0809 e. The smallest absolute Gasteiger partial charge is 0.0809 e. The van der Waals surface area contributed by atoms with E-state index in [4.69, 9.17) is 4.98 Å². The van der Waals surface area contributed by atoms with E-state index in [2.05, 4.69) is 179 Å². The summed E-state index contributed by atoms with van der Waals surface area (Å²) in [6, 6.07) is 61.5. The van der Waals surface area contributed by atoms with Crippen molar-refractivity contribution in [1.29, 1.82) is 0 Å². The molecular formula is C47H29N3S. The topological polar surface area (TPSA) is 22.8 Å². The highest BCUT2D eigenvalue weighted by Crippen LogP contribution is 2.46. The Morgan fingerprint density at radius 3 is 1.76 bits per heavy atom. The lowest BCUT2D eigenvalue weighted by Crippen LogP contribution is -1.94. The molecule has 0 saturated heterocycles. The summed E-state index contributed by atoms with van der Waals surface area (Å²) in [6.45, 7) is 0. The molecule has 3 nitrogen and oxygen atoms in total. The second-order valence-corrected chi connectivity index (χ2v) is 14.2. The molecule has 4 heteroatoms. The van der Waals surface area contributed by atoms with E-state index in [0.717, 1.165) is 28.1 Å². The molecule has 11 aromatic rings. The van der Waals surface area contributed by atoms with Crippen LogP contribution >= 0.6 is 11.3 Å². The number of para-hydroxylation sites is 4. The minimum atomic E-state index is 1.01. The van der Waals surface area contributed by atoms with Crippen LogP contribution in [0.15, 0.2) is 176 Å². The Morgan fingerprint density at radius 2 is 1.00 bits per heavy atom. The number of hydrogen-bond donors (Lipinski definition) is 0. The van der Waals surface area contributed by atoms with Gasteiger partial charge in [0, 0.05) is 64.9 Å². The SMILES string of the molecule is c1ccc(-n2c3ccccc3c3ccc(-c4cc(-c5nccc6c5c5ccccc5n6-c5ccccc5)c5c(c4)sc4ccccc45)cc32)cc1. The van der Waals surface area contributed by atoms with Crippen molar-refractivity contribution in [3.63, 3.8) is 0 Å². The molecule has 0 bridgehead atoms. The van der Waals surface area contributed by atoms with Gasteiger partial charge in [-0.2, -0.15) is 0 Å². The minimum absolute atomic E-state index is 1.01. The molecule has 51 heavy (non-hydrogen) atoms. The standard InChI is InChI=1S/C47H29N3S/c1-3-13-32(14-4-1)49-40-21-11-8-18-36(40)46-41(49)25-26-48-47(46)38-27-31(29-44-45(38)37-19-9-12-22-43(37)51-44)30-23-24-35-34-17-7-10-20-39(34)50(42(35)28-30)33-15-5-2-6-16-33/h1-29H. The normalized spacial score (nSPS) is 11.9. The third-order valence-electron chi connectivity index (χ3n) is 10.4. The molecule has 238 valence electrons. The molecule has 0 aliphatic heterocycles. The Balaban J connectivity index is 1.23. The second-order valence-electron chi connectivity index (χ2n) is 13.2. The number of rotatable bonds is 4. The molecular weight excluding hydrogens is 639 g/mol. The van der Waals surface area contributed by atoms with Crippen molar-refractivity contribution in [2.45, 2.75) is 0 Å². The van der Waals surface area contributed by atoms with Crippen molar-refractivity contribution in [3.8, 4) is 33.8 Å². The van der Waals surface area contributed by atoms with Gasteiger partial charge in [-0.25, -0.2) is 0 Å². The predicted molar refractivity (Wildman–Crippen MR) is 217 cm³/mol. The maximum absolute atomic E-state index is 5.23. The Kier molecular flexibility index (Phi) is 6.12. The van der Waals surface area contributed by atoms with E-state index in [1.807, 2.05) is 17.5 Å². The van der Waals surface area contributed by atoms with Crippen molar-refractivity contribution in [3.05, 3.63) is 176 Å². The highest BCUT2D eigenvalue weighted by molar-refractivity contribution is 7.26. The second kappa shape index (κ2) is 11.0. The van der Waals surface area contributed by atoms with Crippen LogP contribution in [-0.4, -0.2) is 14.1 Å². The van der Waals surface area contributed by atoms with Crippen LogP contribution in [-0.2, 0) is 0 Å². The van der Waals surface area contributed by atoms with E-state index in [1.165, 1.54) is 69.4 Å². The monoisotopic (exact) mass is 667 g/mol. The van der Waals surface area contributed by atoms with E-state index in [9.17, 15) is 0 Å². The predicted octanol–water partition coefficient (Wildman–Crippen LogP) is 13.0. The van der Waals surface area contributed by atoms with Gasteiger partial charge in [-0.3, -0.25) is 4.98 Å². The third-order valence-corrected chi connectivity index (χ3v) is 11.5. The lowest BCUT2D eigenvalue weighted by molar-refractivity contribution is 1.17. The molecule has 0 saturated carbocycles. The van der Waals surface area contributed by atoms with Crippen LogP contribution in [0.5, 0.6) is 0 Å². The van der Waals surface area contributed by atoms with Crippen LogP contribution in [0.3, 0.4) is 0 Å². The van der Waals surface area contributed by atoms with Gasteiger partial charge in [0.05, 0.1) is 27.8 Å². The van der Waals surface area contributed by atoms with Crippen LogP contribution < -0.4 is 0 Å². The molecule has 0 fully saturated rings. The van der Waals surface area contributed by atoms with Crippen molar-refractivity contribution < 1.29 is 0 Å². The number of hydrogen-bond acceptors (Lipinski definition) is 2. The quantitative estimate of drug-likeness (QED) is 0.183. The van der Waals surface area contributed by atoms with Gasteiger partial charge in [0.25, 0.3) is 0 Å². The van der Waals surface area contributed by atoms with Gasteiger partial charge < -0.3 is 9.13 Å². The van der Waals surface area contributed by atoms with E-state index in [-0.39, 0.29) is 0 Å². The summed E-state index contributed by atoms with van der Waals surface area (Å²) in [5.41, 5.74) is 11.6. The maximum atomic E-state index is 5.23. The summed E-state index contributed by atoms with van der Waals surface area (Å²) in [4.78, 5) is 5.23. The van der Waals surface area contributed by atoms with Crippen LogP contribution in [0.25, 0.3) is 97.5 Å². The molecule has 0 spiro atoms. The summed E-state index contributed by atoms with van der Waals surface area (Å²) >= 11 is 1.86. The van der Waals surface area contributed by atoms with Gasteiger partial charge in [0.1, 0.15) is 0 Å². The highest BCUT2D eigenvalue weighted by atomic mass is 32.1. The molecule has 0 radical (unpaired) electrons. The number of thiophene rings is 1. The van der Waals surface area contributed by atoms with Crippen LogP contribution in [0, 0.1) is 0 Å². The van der Waals surface area contributed by atoms with Gasteiger partial charge in [-0.1, -0.05) is 103 Å². The van der Waals surface area contributed by atoms with Gasteiger partial charge in [0.2, 0.25) is 0 Å². The van der Waals surface area contributed by atoms with Gasteiger partial charge in [-0.05, 0) is 77.9 Å². The van der Waals surface area contributed by atoms with Crippen molar-refractivity contribution >= 4 is 75.1 Å². The van der Waals surface area contributed by atoms with Gasteiger partial charge in [0.15, 0.2) is 0 Å². The molecule has 0 unspecified atom stereocenters. The lowest BCUT2D eigenvalue weighted by Gasteiger charge is -2.12. The molecule has 4 heterocycles. The molecule has 4 aromatic heterocycles. The number of nitrogens with zero attached hydrogens (tertiary/aromatic N) is 3. The molecule has 11 rings (SSSR count). The summed E-state index contributed by atoms with van der Waals surface area (Å²) in [5.74, 6) is 0. The number of pyridine rings is 1. The minimum Gasteiger partial charge on any atom is -0.309 e. The van der Waals surface area contributed by atoms with E-state index in [0.29, 0.717) is 0 Å². The van der Waals surface area contributed by atoms with Crippen LogP contribution in [0.4, 0.5) is 0 Å². The van der Waals surface area contributed by atoms with Crippen LogP contribution in [0.1, 0.15) is 0 Å². The van der Waals surface area contributed by atoms with E-state index in [1.54, 1.807) is 0 Å². The number of benzene rings is 7. The molecule has 0 N–H and O–H groups in total. The Hall–Kier alpha value is -6.49. The molecule has 7 aromatic carbocycles. The first-order chi connectivity index (χ1) is 25.3.